The summed E-state index contributed by atoms with van der Waals surface area (Å²) >= 11 is 8.53. The summed E-state index contributed by atoms with van der Waals surface area (Å²) in [7, 11) is -26.9. The Morgan fingerprint density at radius 3 is 0.355 bits per heavy atom. The van der Waals surface area contributed by atoms with E-state index in [-0.39, 0.29) is 55.7 Å². The summed E-state index contributed by atoms with van der Waals surface area (Å²) in [6.45, 7) is 0. The SMILES string of the molecule is ClOCl.O=P([O-])([O-])[O-].O=P([O-])([O-])[O-].O=P([O-])([O-])[O-].O=P([O-])([O-])[O-].O=P([O-])([O-])[O-].[V+5].[V+5].[V+5]. The van der Waals surface area contributed by atoms with Crippen LogP contribution in [0.5, 0.6) is 0 Å². The third-order valence-electron chi connectivity index (χ3n) is 0. The van der Waals surface area contributed by atoms with Gasteiger partial charge in [0.2, 0.25) is 0 Å². The van der Waals surface area contributed by atoms with Crippen molar-refractivity contribution in [2.24, 2.45) is 0 Å². The van der Waals surface area contributed by atoms with E-state index < -0.39 is 39.1 Å². The first-order chi connectivity index (χ1) is 11.4. The summed E-state index contributed by atoms with van der Waals surface area (Å²) in [4.78, 5) is 128. The molecule has 0 aromatic carbocycles. The number of rotatable bonds is 0. The molecular weight excluding hydrogens is 715 g/mol. The minimum absolute atomic E-state index is 0. The second kappa shape index (κ2) is 29.1. The molecule has 0 radical (unpaired) electrons. The van der Waals surface area contributed by atoms with Crippen LogP contribution in [-0.2, 0) is 82.3 Å². The molecule has 180 valence electrons. The maximum atomic E-state index is 8.55. The Bertz CT molecular complexity index is 404. The quantitative estimate of drug-likeness (QED) is 0.210. The predicted octanol–water partition coefficient (Wildman–Crippen LogP) is -12.8. The molecule has 0 aromatic heterocycles. The Labute approximate surface area is 217 Å². The van der Waals surface area contributed by atoms with Crippen molar-refractivity contribution in [1.82, 2.24) is 0 Å². The molecule has 0 saturated heterocycles. The molecule has 0 aliphatic rings. The summed E-state index contributed by atoms with van der Waals surface area (Å²) < 4.78 is 45.9. The Morgan fingerprint density at radius 1 is 0.355 bits per heavy atom. The van der Waals surface area contributed by atoms with Gasteiger partial charge in [0.25, 0.3) is 0 Å². The molecule has 0 aromatic rings. The smallest absolute Gasteiger partial charge is 0.822 e. The van der Waals surface area contributed by atoms with Gasteiger partial charge in [0.1, 0.15) is 0 Å². The van der Waals surface area contributed by atoms with E-state index in [2.05, 4.69) is 27.6 Å². The molecule has 31 heavy (non-hydrogen) atoms. The van der Waals surface area contributed by atoms with Gasteiger partial charge in [0.15, 0.2) is 0 Å². The van der Waals surface area contributed by atoms with E-state index in [4.69, 9.17) is 96.2 Å². The zero-order chi connectivity index (χ0) is 25.2. The van der Waals surface area contributed by atoms with Crippen molar-refractivity contribution in [1.29, 1.82) is 0 Å². The Kier molecular flexibility index (Phi) is 55.5. The zero-order valence-electron chi connectivity index (χ0n) is 12.9. The van der Waals surface area contributed by atoms with Crippen LogP contribution in [0.15, 0.2) is 0 Å². The third-order valence-corrected chi connectivity index (χ3v) is 0. The molecule has 0 rings (SSSR count). The number of phosphoric acid groups is 5. The van der Waals surface area contributed by atoms with E-state index in [1.54, 1.807) is 0 Å². The number of hydrogen-bond acceptors (Lipinski definition) is 21. The van der Waals surface area contributed by atoms with Crippen LogP contribution in [0.4, 0.5) is 0 Å². The van der Waals surface area contributed by atoms with Crippen LogP contribution in [-0.4, -0.2) is 0 Å². The van der Waals surface area contributed by atoms with Gasteiger partial charge in [-0.3, -0.25) is 0 Å². The van der Waals surface area contributed by atoms with E-state index in [0.717, 1.165) is 0 Å². The second-order valence-corrected chi connectivity index (χ2v) is 7.23. The zero-order valence-corrected chi connectivity index (χ0v) is 23.1. The van der Waals surface area contributed by atoms with E-state index >= 15 is 0 Å². The normalized spacial score (nSPS) is 10.1. The van der Waals surface area contributed by atoms with E-state index in [0.29, 0.717) is 0 Å². The predicted molar refractivity (Wildman–Crippen MR) is 50.8 cm³/mol. The molecule has 0 atom stereocenters. The summed E-state index contributed by atoms with van der Waals surface area (Å²) in [5.41, 5.74) is 0. The van der Waals surface area contributed by atoms with Gasteiger partial charge in [-0.05, 0) is 0 Å². The van der Waals surface area contributed by atoms with Gasteiger partial charge >= 0.3 is 55.7 Å². The van der Waals surface area contributed by atoms with Crippen molar-refractivity contribution in [2.75, 3.05) is 0 Å². The van der Waals surface area contributed by atoms with E-state index in [1.807, 2.05) is 0 Å². The summed E-state index contributed by atoms with van der Waals surface area (Å²) in [6, 6.07) is 0. The van der Waals surface area contributed by atoms with Crippen LogP contribution < -0.4 is 73.4 Å². The fourth-order valence-corrected chi connectivity index (χ4v) is 0. The minimum atomic E-state index is -5.39. The largest absolute Gasteiger partial charge is 5.00 e. The molecule has 31 heteroatoms. The van der Waals surface area contributed by atoms with Crippen molar-refractivity contribution in [3.05, 3.63) is 0 Å². The molecule has 0 amide bonds. The van der Waals surface area contributed by atoms with Gasteiger partial charge in [-0.25, -0.2) is 0 Å². The topological polar surface area (TPSA) is 440 Å². The van der Waals surface area contributed by atoms with Crippen LogP contribution in [0.1, 0.15) is 0 Å². The molecule has 0 heterocycles. The fourth-order valence-electron chi connectivity index (χ4n) is 0. The van der Waals surface area contributed by atoms with Gasteiger partial charge in [0, 0.05) is 0 Å². The van der Waals surface area contributed by atoms with Crippen LogP contribution in [0, 0.1) is 0 Å². The van der Waals surface area contributed by atoms with Gasteiger partial charge < -0.3 is 96.2 Å². The molecule has 0 spiro atoms. The van der Waals surface area contributed by atoms with Crippen molar-refractivity contribution >= 4 is 62.8 Å². The van der Waals surface area contributed by atoms with Crippen molar-refractivity contribution in [2.45, 2.75) is 0 Å². The fraction of sp³-hybridized carbons (Fsp3) is 0. The first kappa shape index (κ1) is 59.1. The maximum absolute atomic E-state index is 8.55. The van der Waals surface area contributed by atoms with Crippen molar-refractivity contribution in [3.63, 3.8) is 0 Å². The average Bonchev–Trinajstić information content (AvgIpc) is 2.00. The molecule has 0 aliphatic carbocycles. The number of halogens is 2. The molecule has 0 bridgehead atoms. The standard InChI is InChI=1S/Cl2O.5H3O4P.3V/c1-3-2;5*1-5(2,3)4;;;/h;5*(H3,1,2,3,4);;;/q;;;;;;3*+5/p-15. The summed E-state index contributed by atoms with van der Waals surface area (Å²) in [6.07, 6.45) is 0. The van der Waals surface area contributed by atoms with Crippen LogP contribution in [0.25, 0.3) is 0 Å². The van der Waals surface area contributed by atoms with Gasteiger partial charge in [-0.15, -0.1) is 0 Å². The van der Waals surface area contributed by atoms with E-state index in [1.165, 1.54) is 0 Å². The monoisotopic (exact) mass is 714 g/mol. The Hall–Kier alpha value is 2.84. The van der Waals surface area contributed by atoms with Crippen LogP contribution >= 0.6 is 62.8 Å². The minimum Gasteiger partial charge on any atom is -0.822 e. The third kappa shape index (κ3) is 3860. The van der Waals surface area contributed by atoms with Crippen LogP contribution in [0.2, 0.25) is 0 Å². The van der Waals surface area contributed by atoms with Gasteiger partial charge in [-0.2, -0.15) is 43.0 Å². The first-order valence-electron chi connectivity index (χ1n) is 3.96. The Morgan fingerprint density at radius 2 is 0.355 bits per heavy atom. The van der Waals surface area contributed by atoms with Crippen LogP contribution in [0.3, 0.4) is 0 Å². The molecule has 21 nitrogen and oxygen atoms in total. The average molecular weight is 715 g/mol. The molecule has 0 aliphatic heterocycles. The number of hydrogen-bond donors (Lipinski definition) is 0. The molecular formula is Cl2O21P5V3. The molecule has 0 N–H and O–H groups in total. The summed E-state index contributed by atoms with van der Waals surface area (Å²) in [5.74, 6) is 0. The van der Waals surface area contributed by atoms with Crippen molar-refractivity contribution in [3.8, 4) is 0 Å². The van der Waals surface area contributed by atoms with E-state index in [9.17, 15) is 0 Å². The van der Waals surface area contributed by atoms with Gasteiger partial charge in [-0.1, -0.05) is 0 Å². The molecule has 0 saturated carbocycles. The molecule has 0 unspecified atom stereocenters. The Balaban J connectivity index is -0.0000000264. The molecule has 0 fully saturated rings. The second-order valence-electron chi connectivity index (χ2n) is 2.29. The summed E-state index contributed by atoms with van der Waals surface area (Å²) in [5, 5.41) is 0. The first-order valence-corrected chi connectivity index (χ1v) is 11.9. The van der Waals surface area contributed by atoms with Crippen molar-refractivity contribution < 1.29 is 156 Å². The van der Waals surface area contributed by atoms with Gasteiger partial charge in [0.05, 0.1) is 23.7 Å². The maximum Gasteiger partial charge on any atom is 5.00 e.